The quantitative estimate of drug-likeness (QED) is 0.304. The van der Waals surface area contributed by atoms with E-state index >= 15 is 0 Å². The van der Waals surface area contributed by atoms with Gasteiger partial charge in [0.2, 0.25) is 5.91 Å². The number of nitrogens with one attached hydrogen (secondary N) is 3. The summed E-state index contributed by atoms with van der Waals surface area (Å²) in [5, 5.41) is 6.31. The molecule has 8 heteroatoms. The van der Waals surface area contributed by atoms with Crippen molar-refractivity contribution in [2.75, 3.05) is 10.6 Å². The molecule has 154 valence electrons. The third-order valence-corrected chi connectivity index (χ3v) is 5.13. The summed E-state index contributed by atoms with van der Waals surface area (Å²) in [4.78, 5) is 32.0. The number of hydrogen-bond donors (Lipinski definition) is 4. The first-order valence-electron chi connectivity index (χ1n) is 9.38. The highest BCUT2D eigenvalue weighted by Crippen LogP contribution is 2.29. The highest BCUT2D eigenvalue weighted by atomic mass is 79.9. The molecule has 0 aliphatic rings. The molecular formula is C23H18BrN5O2. The van der Waals surface area contributed by atoms with Crippen LogP contribution >= 0.6 is 15.9 Å². The lowest BCUT2D eigenvalue weighted by molar-refractivity contribution is -0.112. The van der Waals surface area contributed by atoms with Crippen molar-refractivity contribution >= 4 is 61.9 Å². The van der Waals surface area contributed by atoms with Gasteiger partial charge >= 0.3 is 6.03 Å². The molecule has 0 saturated heterocycles. The van der Waals surface area contributed by atoms with Crippen LogP contribution in [0, 0.1) is 0 Å². The van der Waals surface area contributed by atoms with E-state index in [9.17, 15) is 9.59 Å². The maximum absolute atomic E-state index is 12.5. The number of rotatable bonds is 5. The Morgan fingerprint density at radius 2 is 1.74 bits per heavy atom. The number of pyridine rings is 1. The Morgan fingerprint density at radius 3 is 2.45 bits per heavy atom. The molecule has 4 rings (SSSR count). The molecule has 2 aromatic heterocycles. The molecule has 2 heterocycles. The van der Waals surface area contributed by atoms with Crippen LogP contribution in [0.25, 0.3) is 22.7 Å². The number of aromatic amines is 1. The van der Waals surface area contributed by atoms with Gasteiger partial charge in [0, 0.05) is 39.1 Å². The molecule has 0 bridgehead atoms. The van der Waals surface area contributed by atoms with Crippen molar-refractivity contribution in [3.63, 3.8) is 0 Å². The number of nitrogens with zero attached hydrogens (tertiary/aromatic N) is 1. The summed E-state index contributed by atoms with van der Waals surface area (Å²) >= 11 is 3.37. The molecule has 0 aliphatic heterocycles. The first-order chi connectivity index (χ1) is 15.0. The average Bonchev–Trinajstić information content (AvgIpc) is 3.18. The molecule has 0 aliphatic carbocycles. The molecule has 0 atom stereocenters. The lowest BCUT2D eigenvalue weighted by Crippen LogP contribution is -2.19. The second-order valence-electron chi connectivity index (χ2n) is 6.70. The number of nitrogens with two attached hydrogens (primary N) is 1. The van der Waals surface area contributed by atoms with Crippen molar-refractivity contribution in [3.8, 4) is 0 Å². The van der Waals surface area contributed by atoms with Crippen LogP contribution in [-0.2, 0) is 4.79 Å². The van der Waals surface area contributed by atoms with E-state index in [0.717, 1.165) is 4.47 Å². The van der Waals surface area contributed by atoms with Crippen LogP contribution in [0.5, 0.6) is 0 Å². The van der Waals surface area contributed by atoms with Crippen molar-refractivity contribution in [3.05, 3.63) is 88.7 Å². The summed E-state index contributed by atoms with van der Waals surface area (Å²) in [5.41, 5.74) is 9.14. The monoisotopic (exact) mass is 475 g/mol. The van der Waals surface area contributed by atoms with Gasteiger partial charge in [-0.2, -0.15) is 0 Å². The van der Waals surface area contributed by atoms with E-state index in [0.29, 0.717) is 39.1 Å². The SMILES string of the molecule is NC(=O)/C(=C/c1c[nH]c2nccc(NC(=O)Nc3ccc(Br)cc3)c12)c1ccccc1. The van der Waals surface area contributed by atoms with Crippen LogP contribution in [0.1, 0.15) is 11.1 Å². The van der Waals surface area contributed by atoms with Crippen LogP contribution in [0.2, 0.25) is 0 Å². The fourth-order valence-electron chi connectivity index (χ4n) is 3.19. The molecule has 3 amide bonds. The fraction of sp³-hybridized carbons (Fsp3) is 0. The number of urea groups is 1. The van der Waals surface area contributed by atoms with Crippen LogP contribution < -0.4 is 16.4 Å². The smallest absolute Gasteiger partial charge is 0.323 e. The van der Waals surface area contributed by atoms with Crippen molar-refractivity contribution in [1.29, 1.82) is 0 Å². The average molecular weight is 476 g/mol. The largest absolute Gasteiger partial charge is 0.366 e. The summed E-state index contributed by atoms with van der Waals surface area (Å²) in [7, 11) is 0. The number of H-pyrrole nitrogens is 1. The summed E-state index contributed by atoms with van der Waals surface area (Å²) in [6.45, 7) is 0. The van der Waals surface area contributed by atoms with E-state index in [2.05, 4.69) is 36.5 Å². The molecular weight excluding hydrogens is 458 g/mol. The Hall–Kier alpha value is -3.91. The maximum Gasteiger partial charge on any atom is 0.323 e. The molecule has 0 unspecified atom stereocenters. The normalized spacial score (nSPS) is 11.3. The molecule has 4 aromatic rings. The van der Waals surface area contributed by atoms with E-state index in [1.54, 1.807) is 36.7 Å². The molecule has 0 saturated carbocycles. The molecule has 31 heavy (non-hydrogen) atoms. The van der Waals surface area contributed by atoms with Gasteiger partial charge in [0.05, 0.1) is 5.69 Å². The van der Waals surface area contributed by atoms with E-state index in [4.69, 9.17) is 5.73 Å². The molecule has 0 fully saturated rings. The molecule has 7 nitrogen and oxygen atoms in total. The molecule has 5 N–H and O–H groups in total. The predicted octanol–water partition coefficient (Wildman–Crippen LogP) is 5.00. The maximum atomic E-state index is 12.5. The molecule has 0 radical (unpaired) electrons. The van der Waals surface area contributed by atoms with E-state index in [1.807, 2.05) is 42.5 Å². The Kier molecular flexibility index (Phi) is 5.81. The minimum atomic E-state index is -0.549. The number of carbonyl (C=O) groups excluding carboxylic acids is 2. The van der Waals surface area contributed by atoms with Crippen molar-refractivity contribution in [2.45, 2.75) is 0 Å². The van der Waals surface area contributed by atoms with E-state index in [-0.39, 0.29) is 0 Å². The summed E-state index contributed by atoms with van der Waals surface area (Å²) in [6.07, 6.45) is 5.01. The van der Waals surface area contributed by atoms with Gasteiger partial charge in [0.15, 0.2) is 0 Å². The van der Waals surface area contributed by atoms with Crippen LogP contribution in [-0.4, -0.2) is 21.9 Å². The minimum Gasteiger partial charge on any atom is -0.366 e. The highest BCUT2D eigenvalue weighted by Gasteiger charge is 2.14. The predicted molar refractivity (Wildman–Crippen MR) is 126 cm³/mol. The number of benzene rings is 2. The zero-order chi connectivity index (χ0) is 21.8. The zero-order valence-corrected chi connectivity index (χ0v) is 17.8. The van der Waals surface area contributed by atoms with Gasteiger partial charge in [-0.1, -0.05) is 46.3 Å². The third kappa shape index (κ3) is 4.65. The Morgan fingerprint density at radius 1 is 1.00 bits per heavy atom. The number of amides is 3. The second kappa shape index (κ2) is 8.85. The second-order valence-corrected chi connectivity index (χ2v) is 7.62. The number of hydrogen-bond acceptors (Lipinski definition) is 3. The lowest BCUT2D eigenvalue weighted by Gasteiger charge is -2.10. The standard InChI is InChI=1S/C23H18BrN5O2/c24-16-6-8-17(9-7-16)28-23(31)29-19-10-11-26-22-20(19)15(13-27-22)12-18(21(25)30)14-4-2-1-3-5-14/h1-13H,(H2,25,30)(H3,26,27,28,29,31)/b18-12+. The first-order valence-corrected chi connectivity index (χ1v) is 10.2. The van der Waals surface area contributed by atoms with Gasteiger partial charge < -0.3 is 21.4 Å². The van der Waals surface area contributed by atoms with Gasteiger partial charge in [-0.25, -0.2) is 9.78 Å². The number of anilines is 2. The van der Waals surface area contributed by atoms with Gasteiger partial charge in [-0.05, 0) is 42.0 Å². The summed E-state index contributed by atoms with van der Waals surface area (Å²) in [6, 6.07) is 17.7. The number of carbonyl (C=O) groups is 2. The van der Waals surface area contributed by atoms with Crippen LogP contribution in [0.15, 0.2) is 77.5 Å². The van der Waals surface area contributed by atoms with Gasteiger partial charge in [0.25, 0.3) is 0 Å². The number of aromatic nitrogens is 2. The van der Waals surface area contributed by atoms with Crippen LogP contribution in [0.3, 0.4) is 0 Å². The number of fused-ring (bicyclic) bond motifs is 1. The van der Waals surface area contributed by atoms with Gasteiger partial charge in [0.1, 0.15) is 5.65 Å². The third-order valence-electron chi connectivity index (χ3n) is 4.60. The van der Waals surface area contributed by atoms with Crippen molar-refractivity contribution in [1.82, 2.24) is 9.97 Å². The van der Waals surface area contributed by atoms with E-state index < -0.39 is 11.9 Å². The summed E-state index contributed by atoms with van der Waals surface area (Å²) < 4.78 is 0.918. The Balaban J connectivity index is 1.68. The highest BCUT2D eigenvalue weighted by molar-refractivity contribution is 9.10. The zero-order valence-electron chi connectivity index (χ0n) is 16.2. The van der Waals surface area contributed by atoms with Crippen LogP contribution in [0.4, 0.5) is 16.2 Å². The number of halogens is 1. The van der Waals surface area contributed by atoms with Gasteiger partial charge in [-0.3, -0.25) is 4.79 Å². The molecule has 2 aromatic carbocycles. The number of primary amides is 1. The topological polar surface area (TPSA) is 113 Å². The fourth-order valence-corrected chi connectivity index (χ4v) is 3.45. The summed E-state index contributed by atoms with van der Waals surface area (Å²) in [5.74, 6) is -0.549. The van der Waals surface area contributed by atoms with Gasteiger partial charge in [-0.15, -0.1) is 0 Å². The van der Waals surface area contributed by atoms with Crippen molar-refractivity contribution < 1.29 is 9.59 Å². The Bertz CT molecular complexity index is 1280. The first kappa shape index (κ1) is 20.4. The molecule has 0 spiro atoms. The van der Waals surface area contributed by atoms with E-state index in [1.165, 1.54) is 0 Å². The lowest BCUT2D eigenvalue weighted by atomic mass is 10.0. The minimum absolute atomic E-state index is 0.357. The Labute approximate surface area is 186 Å². The van der Waals surface area contributed by atoms with Crippen molar-refractivity contribution in [2.24, 2.45) is 5.73 Å².